The molecule has 0 spiro atoms. The smallest absolute Gasteiger partial charge is 0.303 e. The van der Waals surface area contributed by atoms with E-state index < -0.39 is 12.0 Å². The Kier molecular flexibility index (Phi) is 5.71. The average molecular weight is 301 g/mol. The predicted octanol–water partition coefficient (Wildman–Crippen LogP) is 1.84. The molecule has 1 aromatic heterocycles. The molecule has 2 rings (SSSR count). The van der Waals surface area contributed by atoms with Gasteiger partial charge in [-0.25, -0.2) is 0 Å². The lowest BCUT2D eigenvalue weighted by Crippen LogP contribution is -2.34. The van der Waals surface area contributed by atoms with Crippen LogP contribution in [0.5, 0.6) is 0 Å². The van der Waals surface area contributed by atoms with Crippen molar-refractivity contribution in [2.75, 3.05) is 6.54 Å². The van der Waals surface area contributed by atoms with E-state index in [4.69, 9.17) is 5.11 Å². The summed E-state index contributed by atoms with van der Waals surface area (Å²) in [4.78, 5) is 22.9. The van der Waals surface area contributed by atoms with Gasteiger partial charge in [0, 0.05) is 25.4 Å². The Balaban J connectivity index is 1.97. The number of nitrogens with zero attached hydrogens (tertiary/aromatic N) is 2. The van der Waals surface area contributed by atoms with Crippen molar-refractivity contribution in [1.29, 1.82) is 0 Å². The molecule has 1 heterocycles. The number of amides is 1. The first-order valence-electron chi connectivity index (χ1n) is 7.22. The van der Waals surface area contributed by atoms with E-state index in [-0.39, 0.29) is 12.3 Å². The standard InChI is InChI=1S/C16H19N3O3/c20-14(21)9-4-5-10-17-16(22)15(19-12-6-11-18-19)13-7-2-1-3-8-13/h1-3,6-8,11-12,15H,4-5,9-10H2,(H,17,22)(H,20,21). The van der Waals surface area contributed by atoms with Crippen LogP contribution in [0, 0.1) is 0 Å². The maximum Gasteiger partial charge on any atom is 0.303 e. The van der Waals surface area contributed by atoms with E-state index in [9.17, 15) is 9.59 Å². The molecule has 22 heavy (non-hydrogen) atoms. The highest BCUT2D eigenvalue weighted by Crippen LogP contribution is 2.17. The minimum atomic E-state index is -0.815. The predicted molar refractivity (Wildman–Crippen MR) is 81.3 cm³/mol. The van der Waals surface area contributed by atoms with E-state index in [1.165, 1.54) is 0 Å². The number of carbonyl (C=O) groups is 2. The van der Waals surface area contributed by atoms with Gasteiger partial charge < -0.3 is 10.4 Å². The molecule has 1 aromatic carbocycles. The molecule has 0 bridgehead atoms. The summed E-state index contributed by atoms with van der Waals surface area (Å²) < 4.78 is 1.61. The number of benzene rings is 1. The Hall–Kier alpha value is -2.63. The number of carboxylic acid groups (broad SMARTS) is 1. The van der Waals surface area contributed by atoms with Gasteiger partial charge >= 0.3 is 5.97 Å². The maximum absolute atomic E-state index is 12.5. The van der Waals surface area contributed by atoms with Crippen LogP contribution < -0.4 is 5.32 Å². The van der Waals surface area contributed by atoms with E-state index >= 15 is 0 Å². The van der Waals surface area contributed by atoms with Crippen LogP contribution >= 0.6 is 0 Å². The summed E-state index contributed by atoms with van der Waals surface area (Å²) >= 11 is 0. The summed E-state index contributed by atoms with van der Waals surface area (Å²) in [5.74, 6) is -0.963. The van der Waals surface area contributed by atoms with E-state index in [1.807, 2.05) is 30.3 Å². The minimum Gasteiger partial charge on any atom is -0.481 e. The van der Waals surface area contributed by atoms with Crippen molar-refractivity contribution in [3.05, 3.63) is 54.4 Å². The largest absolute Gasteiger partial charge is 0.481 e. The topological polar surface area (TPSA) is 84.2 Å². The van der Waals surface area contributed by atoms with Gasteiger partial charge in [0.1, 0.15) is 0 Å². The van der Waals surface area contributed by atoms with Crippen molar-refractivity contribution in [1.82, 2.24) is 15.1 Å². The second-order valence-electron chi connectivity index (χ2n) is 4.94. The highest BCUT2D eigenvalue weighted by atomic mass is 16.4. The highest BCUT2D eigenvalue weighted by Gasteiger charge is 2.22. The van der Waals surface area contributed by atoms with Gasteiger partial charge in [-0.3, -0.25) is 14.3 Å². The second-order valence-corrected chi connectivity index (χ2v) is 4.94. The summed E-state index contributed by atoms with van der Waals surface area (Å²) in [7, 11) is 0. The summed E-state index contributed by atoms with van der Waals surface area (Å²) in [5, 5.41) is 15.6. The average Bonchev–Trinajstić information content (AvgIpc) is 3.02. The van der Waals surface area contributed by atoms with Gasteiger partial charge in [-0.1, -0.05) is 30.3 Å². The Labute approximate surface area is 128 Å². The molecule has 6 heteroatoms. The van der Waals surface area contributed by atoms with Crippen LogP contribution in [0.1, 0.15) is 30.9 Å². The molecule has 1 atom stereocenters. The Morgan fingerprint density at radius 2 is 1.95 bits per heavy atom. The van der Waals surface area contributed by atoms with Crippen LogP contribution in [0.4, 0.5) is 0 Å². The lowest BCUT2D eigenvalue weighted by Gasteiger charge is -2.17. The quantitative estimate of drug-likeness (QED) is 0.729. The Morgan fingerprint density at radius 1 is 1.18 bits per heavy atom. The van der Waals surface area contributed by atoms with Crippen LogP contribution in [0.25, 0.3) is 0 Å². The SMILES string of the molecule is O=C(O)CCCCNC(=O)C(c1ccccc1)n1cccn1. The first kappa shape index (κ1) is 15.8. The summed E-state index contributed by atoms with van der Waals surface area (Å²) in [6, 6.07) is 10.7. The molecule has 0 fully saturated rings. The molecular weight excluding hydrogens is 282 g/mol. The third-order valence-corrected chi connectivity index (χ3v) is 3.27. The number of hydrogen-bond acceptors (Lipinski definition) is 3. The van der Waals surface area contributed by atoms with E-state index in [1.54, 1.807) is 23.1 Å². The van der Waals surface area contributed by atoms with Crippen LogP contribution in [0.15, 0.2) is 48.8 Å². The zero-order valence-electron chi connectivity index (χ0n) is 12.2. The van der Waals surface area contributed by atoms with Gasteiger partial charge in [0.25, 0.3) is 0 Å². The molecule has 1 amide bonds. The molecule has 0 radical (unpaired) electrons. The first-order chi connectivity index (χ1) is 10.7. The van der Waals surface area contributed by atoms with Gasteiger partial charge in [-0.15, -0.1) is 0 Å². The van der Waals surface area contributed by atoms with E-state index in [0.29, 0.717) is 19.4 Å². The fourth-order valence-corrected chi connectivity index (χ4v) is 2.20. The van der Waals surface area contributed by atoms with Crippen molar-refractivity contribution in [3.8, 4) is 0 Å². The van der Waals surface area contributed by atoms with Gasteiger partial charge in [-0.05, 0) is 24.5 Å². The molecule has 2 N–H and O–H groups in total. The summed E-state index contributed by atoms with van der Waals surface area (Å²) in [5.41, 5.74) is 0.856. The number of rotatable bonds is 8. The van der Waals surface area contributed by atoms with E-state index in [2.05, 4.69) is 10.4 Å². The number of aromatic nitrogens is 2. The molecule has 2 aromatic rings. The van der Waals surface area contributed by atoms with Crippen molar-refractivity contribution >= 4 is 11.9 Å². The number of unbranched alkanes of at least 4 members (excludes halogenated alkanes) is 1. The van der Waals surface area contributed by atoms with Crippen LogP contribution in [0.2, 0.25) is 0 Å². The number of nitrogens with one attached hydrogen (secondary N) is 1. The Morgan fingerprint density at radius 3 is 2.59 bits per heavy atom. The van der Waals surface area contributed by atoms with Crippen LogP contribution in [-0.4, -0.2) is 33.3 Å². The molecule has 0 saturated carbocycles. The van der Waals surface area contributed by atoms with Gasteiger partial charge in [0.05, 0.1) is 0 Å². The van der Waals surface area contributed by atoms with Gasteiger partial charge in [0.2, 0.25) is 5.91 Å². The third kappa shape index (κ3) is 4.44. The second kappa shape index (κ2) is 7.97. The maximum atomic E-state index is 12.5. The van der Waals surface area contributed by atoms with Crippen LogP contribution in [-0.2, 0) is 9.59 Å². The Bertz CT molecular complexity index is 596. The molecular formula is C16H19N3O3. The van der Waals surface area contributed by atoms with E-state index in [0.717, 1.165) is 5.56 Å². The van der Waals surface area contributed by atoms with Crippen molar-refractivity contribution in [3.63, 3.8) is 0 Å². The normalized spacial score (nSPS) is 11.8. The lowest BCUT2D eigenvalue weighted by atomic mass is 10.1. The molecule has 0 aliphatic carbocycles. The zero-order chi connectivity index (χ0) is 15.8. The fraction of sp³-hybridized carbons (Fsp3) is 0.312. The van der Waals surface area contributed by atoms with Gasteiger partial charge in [0.15, 0.2) is 6.04 Å². The fourth-order valence-electron chi connectivity index (χ4n) is 2.20. The first-order valence-corrected chi connectivity index (χ1v) is 7.22. The minimum absolute atomic E-state index is 0.122. The third-order valence-electron chi connectivity index (χ3n) is 3.27. The number of carboxylic acids is 1. The van der Waals surface area contributed by atoms with Crippen molar-refractivity contribution in [2.24, 2.45) is 0 Å². The molecule has 0 saturated heterocycles. The van der Waals surface area contributed by atoms with Crippen molar-refractivity contribution in [2.45, 2.75) is 25.3 Å². The monoisotopic (exact) mass is 301 g/mol. The molecule has 1 unspecified atom stereocenters. The number of carbonyl (C=O) groups excluding carboxylic acids is 1. The van der Waals surface area contributed by atoms with Gasteiger partial charge in [-0.2, -0.15) is 5.10 Å². The summed E-state index contributed by atoms with van der Waals surface area (Å²) in [6.07, 6.45) is 4.70. The molecule has 116 valence electrons. The van der Waals surface area contributed by atoms with Crippen LogP contribution in [0.3, 0.4) is 0 Å². The molecule has 0 aliphatic heterocycles. The summed E-state index contributed by atoms with van der Waals surface area (Å²) in [6.45, 7) is 0.455. The number of hydrogen-bond donors (Lipinski definition) is 2. The molecule has 0 aliphatic rings. The highest BCUT2D eigenvalue weighted by molar-refractivity contribution is 5.83. The van der Waals surface area contributed by atoms with Crippen molar-refractivity contribution < 1.29 is 14.7 Å². The zero-order valence-corrected chi connectivity index (χ0v) is 12.2. The lowest BCUT2D eigenvalue weighted by molar-refractivity contribution is -0.137. The number of aliphatic carboxylic acids is 1. The molecule has 6 nitrogen and oxygen atoms in total.